The van der Waals surface area contributed by atoms with Crippen LogP contribution in [0.4, 0.5) is 0 Å². The third kappa shape index (κ3) is 5.59. The van der Waals surface area contributed by atoms with Crippen molar-refractivity contribution in [3.05, 3.63) is 59.9 Å². The lowest BCUT2D eigenvalue weighted by Crippen LogP contribution is -2.52. The summed E-state index contributed by atoms with van der Waals surface area (Å²) in [5.74, 6) is 0.908. The van der Waals surface area contributed by atoms with Gasteiger partial charge in [-0.05, 0) is 42.2 Å². The predicted octanol–water partition coefficient (Wildman–Crippen LogP) is 3.31. The summed E-state index contributed by atoms with van der Waals surface area (Å²) in [7, 11) is 1.63. The summed E-state index contributed by atoms with van der Waals surface area (Å²) in [6.45, 7) is 5.69. The molecule has 1 atom stereocenters. The molecule has 0 aliphatic carbocycles. The third-order valence-electron chi connectivity index (χ3n) is 5.56. The normalized spacial score (nSPS) is 16.4. The Kier molecular flexibility index (Phi) is 7.44. The van der Waals surface area contributed by atoms with Crippen LogP contribution in [0.1, 0.15) is 37.8 Å². The Labute approximate surface area is 178 Å². The number of methoxy groups -OCH3 is 1. The lowest BCUT2D eigenvalue weighted by Gasteiger charge is -2.40. The zero-order valence-electron chi connectivity index (χ0n) is 18.1. The molecule has 1 saturated heterocycles. The first-order chi connectivity index (χ1) is 14.5. The van der Waals surface area contributed by atoms with Crippen molar-refractivity contribution >= 4 is 11.8 Å². The van der Waals surface area contributed by atoms with Gasteiger partial charge in [0.25, 0.3) is 0 Å². The number of hydrogen-bond donors (Lipinski definition) is 0. The number of nitrogens with zero attached hydrogens (tertiary/aromatic N) is 3. The van der Waals surface area contributed by atoms with Gasteiger partial charge in [0, 0.05) is 44.0 Å². The van der Waals surface area contributed by atoms with E-state index >= 15 is 0 Å². The SMILES string of the molecule is COc1ccc(CC(=O)N2CCCC(N(Cc3cccnc3)C(=O)C(C)C)C2)cc1. The van der Waals surface area contributed by atoms with Crippen molar-refractivity contribution in [1.29, 1.82) is 0 Å². The molecule has 2 heterocycles. The van der Waals surface area contributed by atoms with E-state index in [1.54, 1.807) is 19.5 Å². The van der Waals surface area contributed by atoms with E-state index in [1.165, 1.54) is 0 Å². The van der Waals surface area contributed by atoms with E-state index in [-0.39, 0.29) is 23.8 Å². The molecule has 0 bridgehead atoms. The number of benzene rings is 1. The van der Waals surface area contributed by atoms with Crippen molar-refractivity contribution in [2.24, 2.45) is 5.92 Å². The fraction of sp³-hybridized carbons (Fsp3) is 0.458. The molecule has 6 nitrogen and oxygen atoms in total. The molecule has 1 aromatic carbocycles. The lowest BCUT2D eigenvalue weighted by atomic mass is 10.00. The van der Waals surface area contributed by atoms with Crippen molar-refractivity contribution in [3.63, 3.8) is 0 Å². The number of ether oxygens (including phenoxy) is 1. The quantitative estimate of drug-likeness (QED) is 0.704. The number of carbonyl (C=O) groups excluding carboxylic acids is 2. The fourth-order valence-electron chi connectivity index (χ4n) is 3.87. The highest BCUT2D eigenvalue weighted by Crippen LogP contribution is 2.22. The Morgan fingerprint density at radius 3 is 2.60 bits per heavy atom. The molecular weight excluding hydrogens is 378 g/mol. The zero-order chi connectivity index (χ0) is 21.5. The van der Waals surface area contributed by atoms with Gasteiger partial charge in [0.05, 0.1) is 13.5 Å². The molecule has 6 heteroatoms. The van der Waals surface area contributed by atoms with E-state index in [1.807, 2.05) is 60.0 Å². The van der Waals surface area contributed by atoms with Crippen LogP contribution in [-0.2, 0) is 22.6 Å². The van der Waals surface area contributed by atoms with E-state index in [4.69, 9.17) is 4.74 Å². The molecule has 1 aliphatic rings. The molecule has 160 valence electrons. The number of rotatable bonds is 7. The number of likely N-dealkylation sites (tertiary alicyclic amines) is 1. The Bertz CT molecular complexity index is 837. The van der Waals surface area contributed by atoms with Crippen molar-refractivity contribution in [2.75, 3.05) is 20.2 Å². The summed E-state index contributed by atoms with van der Waals surface area (Å²) in [6, 6.07) is 11.5. The fourth-order valence-corrected chi connectivity index (χ4v) is 3.87. The number of piperidine rings is 1. The van der Waals surface area contributed by atoms with Gasteiger partial charge in [-0.3, -0.25) is 14.6 Å². The molecule has 30 heavy (non-hydrogen) atoms. The van der Waals surface area contributed by atoms with Crippen LogP contribution >= 0.6 is 0 Å². The predicted molar refractivity (Wildman–Crippen MR) is 116 cm³/mol. The summed E-state index contributed by atoms with van der Waals surface area (Å²) in [5.41, 5.74) is 1.97. The average molecular weight is 410 g/mol. The lowest BCUT2D eigenvalue weighted by molar-refractivity contribution is -0.142. The number of hydrogen-bond acceptors (Lipinski definition) is 4. The number of aromatic nitrogens is 1. The summed E-state index contributed by atoms with van der Waals surface area (Å²) in [5, 5.41) is 0. The van der Waals surface area contributed by atoms with Crippen LogP contribution in [0.5, 0.6) is 5.75 Å². The molecule has 1 unspecified atom stereocenters. The Morgan fingerprint density at radius 2 is 1.97 bits per heavy atom. The first kappa shape index (κ1) is 21.8. The van der Waals surface area contributed by atoms with Crippen LogP contribution in [0.3, 0.4) is 0 Å². The van der Waals surface area contributed by atoms with E-state index in [0.717, 1.165) is 36.3 Å². The van der Waals surface area contributed by atoms with Gasteiger partial charge in [0.1, 0.15) is 5.75 Å². The van der Waals surface area contributed by atoms with Gasteiger partial charge < -0.3 is 14.5 Å². The topological polar surface area (TPSA) is 62.7 Å². The molecule has 0 spiro atoms. The van der Waals surface area contributed by atoms with Crippen molar-refractivity contribution in [2.45, 2.75) is 45.7 Å². The molecule has 2 aromatic rings. The smallest absolute Gasteiger partial charge is 0.227 e. The highest BCUT2D eigenvalue weighted by molar-refractivity contribution is 5.80. The standard InChI is InChI=1S/C24H31N3O3/c1-18(2)24(29)27(16-20-6-4-12-25-15-20)21-7-5-13-26(17-21)23(28)14-19-8-10-22(30-3)11-9-19/h4,6,8-12,15,18,21H,5,7,13-14,16-17H2,1-3H3. The summed E-state index contributed by atoms with van der Waals surface area (Å²) >= 11 is 0. The second kappa shape index (κ2) is 10.2. The minimum atomic E-state index is -0.0907. The second-order valence-corrected chi connectivity index (χ2v) is 8.14. The summed E-state index contributed by atoms with van der Waals surface area (Å²) in [4.78, 5) is 33.9. The van der Waals surface area contributed by atoms with E-state index < -0.39 is 0 Å². The molecule has 0 N–H and O–H groups in total. The Balaban J connectivity index is 1.69. The molecule has 1 aliphatic heterocycles. The van der Waals surface area contributed by atoms with Gasteiger partial charge in [-0.15, -0.1) is 0 Å². The second-order valence-electron chi connectivity index (χ2n) is 8.14. The van der Waals surface area contributed by atoms with E-state index in [0.29, 0.717) is 19.5 Å². The van der Waals surface area contributed by atoms with Gasteiger partial charge in [-0.2, -0.15) is 0 Å². The van der Waals surface area contributed by atoms with Crippen LogP contribution in [0, 0.1) is 5.92 Å². The first-order valence-corrected chi connectivity index (χ1v) is 10.6. The Hall–Kier alpha value is -2.89. The first-order valence-electron chi connectivity index (χ1n) is 10.6. The minimum Gasteiger partial charge on any atom is -0.497 e. The van der Waals surface area contributed by atoms with Crippen LogP contribution in [0.2, 0.25) is 0 Å². The molecule has 2 amide bonds. The minimum absolute atomic E-state index is 0.0219. The number of amides is 2. The highest BCUT2D eigenvalue weighted by atomic mass is 16.5. The van der Waals surface area contributed by atoms with Crippen LogP contribution < -0.4 is 4.74 Å². The van der Waals surface area contributed by atoms with Crippen LogP contribution in [0.15, 0.2) is 48.8 Å². The van der Waals surface area contributed by atoms with Gasteiger partial charge in [-0.1, -0.05) is 32.0 Å². The third-order valence-corrected chi connectivity index (χ3v) is 5.56. The molecule has 1 fully saturated rings. The van der Waals surface area contributed by atoms with E-state index in [2.05, 4.69) is 4.98 Å². The van der Waals surface area contributed by atoms with E-state index in [9.17, 15) is 9.59 Å². The van der Waals surface area contributed by atoms with Crippen LogP contribution in [0.25, 0.3) is 0 Å². The molecule has 3 rings (SSSR count). The molecule has 0 saturated carbocycles. The summed E-state index contributed by atoms with van der Waals surface area (Å²) < 4.78 is 5.18. The maximum absolute atomic E-state index is 13.0. The number of pyridine rings is 1. The van der Waals surface area contributed by atoms with Gasteiger partial charge in [0.15, 0.2) is 0 Å². The average Bonchev–Trinajstić information content (AvgIpc) is 2.78. The highest BCUT2D eigenvalue weighted by Gasteiger charge is 2.31. The maximum atomic E-state index is 13.0. The maximum Gasteiger partial charge on any atom is 0.227 e. The summed E-state index contributed by atoms with van der Waals surface area (Å²) in [6.07, 6.45) is 5.70. The monoisotopic (exact) mass is 409 g/mol. The van der Waals surface area contributed by atoms with Crippen molar-refractivity contribution in [3.8, 4) is 5.75 Å². The Morgan fingerprint density at radius 1 is 1.20 bits per heavy atom. The van der Waals surface area contributed by atoms with Gasteiger partial charge in [-0.25, -0.2) is 0 Å². The molecule has 1 aromatic heterocycles. The largest absolute Gasteiger partial charge is 0.497 e. The van der Waals surface area contributed by atoms with Gasteiger partial charge in [0.2, 0.25) is 11.8 Å². The van der Waals surface area contributed by atoms with Crippen LogP contribution in [-0.4, -0.2) is 52.8 Å². The van der Waals surface area contributed by atoms with Crippen molar-refractivity contribution in [1.82, 2.24) is 14.8 Å². The number of carbonyl (C=O) groups is 2. The van der Waals surface area contributed by atoms with Gasteiger partial charge >= 0.3 is 0 Å². The molecular formula is C24H31N3O3. The van der Waals surface area contributed by atoms with Crippen molar-refractivity contribution < 1.29 is 14.3 Å². The zero-order valence-corrected chi connectivity index (χ0v) is 18.1. The molecule has 0 radical (unpaired) electrons.